The van der Waals surface area contributed by atoms with Gasteiger partial charge in [0.25, 0.3) is 5.69 Å². The van der Waals surface area contributed by atoms with Gasteiger partial charge >= 0.3 is 5.97 Å². The lowest BCUT2D eigenvalue weighted by molar-refractivity contribution is -0.387. The predicted octanol–water partition coefficient (Wildman–Crippen LogP) is -4.82. The minimum Gasteiger partial charge on any atom is -0.544 e. The molecule has 246 valence electrons. The molecule has 0 radical (unpaired) electrons. The number of carboxylic acid groups (broad SMARTS) is 1. The van der Waals surface area contributed by atoms with E-state index in [-0.39, 0.29) is 11.4 Å². The molecule has 19 heteroatoms. The van der Waals surface area contributed by atoms with Crippen molar-refractivity contribution in [3.05, 3.63) is 34.4 Å². The van der Waals surface area contributed by atoms with E-state index < -0.39 is 109 Å². The van der Waals surface area contributed by atoms with Crippen LogP contribution in [0.4, 0.5) is 5.69 Å². The Bertz CT molecular complexity index is 1180. The molecule has 11 atom stereocenters. The third-order valence-corrected chi connectivity index (χ3v) is 6.89. The van der Waals surface area contributed by atoms with E-state index in [0.29, 0.717) is 0 Å². The minimum atomic E-state index is -2.90. The number of nitro benzene ring substituents is 1. The van der Waals surface area contributed by atoms with E-state index in [1.54, 1.807) is 0 Å². The van der Waals surface area contributed by atoms with Gasteiger partial charge in [0.1, 0.15) is 61.1 Å². The van der Waals surface area contributed by atoms with Crippen molar-refractivity contribution < 1.29 is 78.7 Å². The van der Waals surface area contributed by atoms with Crippen molar-refractivity contribution in [3.8, 4) is 5.75 Å². The van der Waals surface area contributed by atoms with E-state index in [0.717, 1.165) is 26.0 Å². The number of rotatable bonds is 12. The molecule has 1 aromatic carbocycles. The Morgan fingerprint density at radius 2 is 1.73 bits per heavy atom. The van der Waals surface area contributed by atoms with Crippen molar-refractivity contribution in [1.29, 1.82) is 0 Å². The molecule has 4 unspecified atom stereocenters. The number of carbonyl (C=O) groups is 3. The Morgan fingerprint density at radius 3 is 2.27 bits per heavy atom. The molecule has 19 nitrogen and oxygen atoms in total. The van der Waals surface area contributed by atoms with Crippen LogP contribution in [0, 0.1) is 10.1 Å². The standard InChI is InChI=1S/C25H34N2O17/c1-10(28)26-17-14(30)7-25(24(36)37,44-22(17)18(32)15(31)8-40-11(2)29)41-9-16-19(33)20(34)21(35)23(43-16)42-13-5-3-12(4-6-13)27(38)39/h3-6,14-23,30-35H,7-9H2,1-2H3,(H,26,28)(H,36,37)/p-1/t14-,15-,16?,17-,18-,19+,20?,21?,22?,23-,25-/m1/s1. The van der Waals surface area contributed by atoms with E-state index in [1.807, 2.05) is 0 Å². The zero-order chi connectivity index (χ0) is 32.9. The van der Waals surface area contributed by atoms with Crippen molar-refractivity contribution >= 4 is 23.5 Å². The van der Waals surface area contributed by atoms with Gasteiger partial charge in [-0.05, 0) is 12.1 Å². The molecule has 2 fully saturated rings. The lowest BCUT2D eigenvalue weighted by atomic mass is 9.88. The molecule has 3 rings (SSSR count). The number of nitrogens with zero attached hydrogens (tertiary/aromatic N) is 1. The molecular formula is C25H33N2O17-. The molecule has 2 heterocycles. The summed E-state index contributed by atoms with van der Waals surface area (Å²) in [5.41, 5.74) is -0.269. The first-order valence-corrected chi connectivity index (χ1v) is 13.1. The maximum Gasteiger partial charge on any atom is 0.302 e. The number of amides is 1. The number of benzene rings is 1. The van der Waals surface area contributed by atoms with Crippen LogP contribution >= 0.6 is 0 Å². The molecule has 2 aliphatic rings. The number of carboxylic acids is 1. The first-order chi connectivity index (χ1) is 20.6. The Kier molecular flexibility index (Phi) is 11.5. The second-order valence-corrected chi connectivity index (χ2v) is 10.2. The highest BCUT2D eigenvalue weighted by Crippen LogP contribution is 2.34. The van der Waals surface area contributed by atoms with Gasteiger partial charge in [0.2, 0.25) is 18.0 Å². The van der Waals surface area contributed by atoms with Gasteiger partial charge in [0, 0.05) is 32.4 Å². The van der Waals surface area contributed by atoms with Crippen molar-refractivity contribution in [2.24, 2.45) is 0 Å². The Labute approximate surface area is 248 Å². The van der Waals surface area contributed by atoms with Gasteiger partial charge in [-0.15, -0.1) is 0 Å². The SMILES string of the molecule is CC(=O)N[C@H]1C([C@H](O)[C@H](O)COC(C)=O)O[C@@](OCC2O[C@@H](Oc3ccc([N+](=O)[O-])cc3)C(O)C(O)[C@H]2O)(C(=O)[O-])C[C@H]1O. The van der Waals surface area contributed by atoms with Gasteiger partial charge in [-0.2, -0.15) is 0 Å². The number of hydrogen-bond donors (Lipinski definition) is 7. The summed E-state index contributed by atoms with van der Waals surface area (Å²) in [5.74, 6) is -6.58. The van der Waals surface area contributed by atoms with Crippen LogP contribution < -0.4 is 15.2 Å². The number of hydrogen-bond acceptors (Lipinski definition) is 17. The van der Waals surface area contributed by atoms with Gasteiger partial charge in [0.05, 0.1) is 23.7 Å². The lowest BCUT2D eigenvalue weighted by Gasteiger charge is -2.49. The van der Waals surface area contributed by atoms with Crippen LogP contribution in [-0.4, -0.2) is 134 Å². The maximum atomic E-state index is 12.3. The number of non-ortho nitro benzene ring substituents is 1. The molecule has 0 spiro atoms. The number of aliphatic carboxylic acids is 1. The number of carbonyl (C=O) groups excluding carboxylic acids is 3. The number of aliphatic hydroxyl groups is 6. The van der Waals surface area contributed by atoms with E-state index in [4.69, 9.17) is 18.9 Å². The Balaban J connectivity index is 1.81. The topological polar surface area (TPSA) is 297 Å². The highest BCUT2D eigenvalue weighted by molar-refractivity contribution is 5.75. The molecule has 0 aliphatic carbocycles. The van der Waals surface area contributed by atoms with E-state index in [2.05, 4.69) is 10.1 Å². The van der Waals surface area contributed by atoms with E-state index in [1.165, 1.54) is 12.1 Å². The largest absolute Gasteiger partial charge is 0.544 e. The molecule has 0 aromatic heterocycles. The molecule has 1 aromatic rings. The van der Waals surface area contributed by atoms with Crippen molar-refractivity contribution in [3.63, 3.8) is 0 Å². The Hall–Kier alpha value is -3.53. The number of esters is 1. The van der Waals surface area contributed by atoms with E-state index in [9.17, 15) is 60.2 Å². The second-order valence-electron chi connectivity index (χ2n) is 10.2. The fourth-order valence-corrected chi connectivity index (χ4v) is 4.61. The summed E-state index contributed by atoms with van der Waals surface area (Å²) in [6.45, 7) is 0.389. The first-order valence-electron chi connectivity index (χ1n) is 13.1. The summed E-state index contributed by atoms with van der Waals surface area (Å²) >= 11 is 0. The second kappa shape index (κ2) is 14.5. The van der Waals surface area contributed by atoms with Crippen LogP contribution in [0.2, 0.25) is 0 Å². The molecule has 2 saturated heterocycles. The molecule has 0 bridgehead atoms. The zero-order valence-corrected chi connectivity index (χ0v) is 23.3. The van der Waals surface area contributed by atoms with Crippen LogP contribution in [-0.2, 0) is 33.3 Å². The van der Waals surface area contributed by atoms with Crippen LogP contribution in [0.1, 0.15) is 20.3 Å². The number of nitrogens with one attached hydrogen (secondary N) is 1. The van der Waals surface area contributed by atoms with Crippen molar-refractivity contribution in [1.82, 2.24) is 5.32 Å². The molecule has 7 N–H and O–H groups in total. The van der Waals surface area contributed by atoms with Gasteiger partial charge in [-0.1, -0.05) is 0 Å². The summed E-state index contributed by atoms with van der Waals surface area (Å²) in [7, 11) is 0. The fourth-order valence-electron chi connectivity index (χ4n) is 4.61. The van der Waals surface area contributed by atoms with Crippen LogP contribution in [0.15, 0.2) is 24.3 Å². The summed E-state index contributed by atoms with van der Waals surface area (Å²) in [6, 6.07) is 3.03. The van der Waals surface area contributed by atoms with Crippen molar-refractivity contribution in [2.45, 2.75) is 87.2 Å². The Morgan fingerprint density at radius 1 is 1.09 bits per heavy atom. The normalized spacial score (nSPS) is 33.5. The summed E-state index contributed by atoms with van der Waals surface area (Å²) in [4.78, 5) is 45.4. The average molecular weight is 634 g/mol. The summed E-state index contributed by atoms with van der Waals surface area (Å²) < 4.78 is 26.5. The smallest absolute Gasteiger partial charge is 0.302 e. The molecule has 1 amide bonds. The van der Waals surface area contributed by atoms with Gasteiger partial charge < -0.3 is 69.5 Å². The minimum absolute atomic E-state index is 0.0407. The van der Waals surface area contributed by atoms with Crippen LogP contribution in [0.25, 0.3) is 0 Å². The highest BCUT2D eigenvalue weighted by Gasteiger charge is 2.54. The third-order valence-electron chi connectivity index (χ3n) is 6.89. The average Bonchev–Trinajstić information content (AvgIpc) is 2.96. The molecular weight excluding hydrogens is 600 g/mol. The van der Waals surface area contributed by atoms with Crippen LogP contribution in [0.5, 0.6) is 5.75 Å². The fraction of sp³-hybridized carbons (Fsp3) is 0.640. The number of aliphatic hydroxyl groups excluding tert-OH is 6. The van der Waals surface area contributed by atoms with Gasteiger partial charge in [-0.25, -0.2) is 0 Å². The monoisotopic (exact) mass is 633 g/mol. The lowest BCUT2D eigenvalue weighted by Crippen LogP contribution is -2.70. The van der Waals surface area contributed by atoms with Crippen LogP contribution in [0.3, 0.4) is 0 Å². The third kappa shape index (κ3) is 8.14. The van der Waals surface area contributed by atoms with Crippen molar-refractivity contribution in [2.75, 3.05) is 13.2 Å². The molecule has 2 aliphatic heterocycles. The quantitative estimate of drug-likeness (QED) is 0.0645. The number of nitro groups is 1. The molecule has 44 heavy (non-hydrogen) atoms. The van der Waals surface area contributed by atoms with E-state index >= 15 is 0 Å². The summed E-state index contributed by atoms with van der Waals surface area (Å²) in [6.07, 6.45) is -17.6. The van der Waals surface area contributed by atoms with Gasteiger partial charge in [0.15, 0.2) is 0 Å². The maximum absolute atomic E-state index is 12.3. The zero-order valence-electron chi connectivity index (χ0n) is 23.3. The molecule has 0 saturated carbocycles. The highest BCUT2D eigenvalue weighted by atomic mass is 16.7. The summed E-state index contributed by atoms with van der Waals surface area (Å²) in [5, 5.41) is 88.5. The first kappa shape index (κ1) is 35.0. The van der Waals surface area contributed by atoms with Gasteiger partial charge in [-0.3, -0.25) is 19.7 Å². The number of ether oxygens (including phenoxy) is 5. The predicted molar refractivity (Wildman–Crippen MR) is 136 cm³/mol.